The molecule has 1 amide bonds. The van der Waals surface area contributed by atoms with Gasteiger partial charge in [0.2, 0.25) is 0 Å². The van der Waals surface area contributed by atoms with Crippen LogP contribution in [0.25, 0.3) is 10.2 Å². The van der Waals surface area contributed by atoms with Gasteiger partial charge < -0.3 is 9.47 Å². The third-order valence-electron chi connectivity index (χ3n) is 5.02. The van der Waals surface area contributed by atoms with Gasteiger partial charge >= 0.3 is 0 Å². The Morgan fingerprint density at radius 3 is 2.83 bits per heavy atom. The van der Waals surface area contributed by atoms with Crippen LogP contribution >= 0.6 is 11.3 Å². The number of amides is 1. The first-order chi connectivity index (χ1) is 14.0. The molecule has 0 atom stereocenters. The zero-order valence-corrected chi connectivity index (χ0v) is 17.7. The SMILES string of the molecule is COc1ccc2nc(N(CCN3CCOCC3)C(=O)c3nn(C)cc3C)sc2c1. The van der Waals surface area contributed by atoms with Crippen molar-refractivity contribution in [3.8, 4) is 5.75 Å². The zero-order chi connectivity index (χ0) is 20.4. The summed E-state index contributed by atoms with van der Waals surface area (Å²) < 4.78 is 13.4. The number of benzene rings is 1. The second-order valence-electron chi connectivity index (χ2n) is 7.08. The maximum atomic E-state index is 13.4. The molecule has 0 radical (unpaired) electrons. The number of aryl methyl sites for hydroxylation is 2. The van der Waals surface area contributed by atoms with Gasteiger partial charge in [-0.1, -0.05) is 11.3 Å². The molecular weight excluding hydrogens is 390 g/mol. The summed E-state index contributed by atoms with van der Waals surface area (Å²) in [7, 11) is 3.47. The normalized spacial score (nSPS) is 15.0. The van der Waals surface area contributed by atoms with Crippen LogP contribution in [0.1, 0.15) is 16.1 Å². The Labute approximate surface area is 173 Å². The number of carbonyl (C=O) groups is 1. The van der Waals surface area contributed by atoms with Crippen LogP contribution in [0, 0.1) is 6.92 Å². The molecule has 0 aliphatic carbocycles. The van der Waals surface area contributed by atoms with Gasteiger partial charge in [-0.15, -0.1) is 0 Å². The summed E-state index contributed by atoms with van der Waals surface area (Å²) in [4.78, 5) is 22.2. The topological polar surface area (TPSA) is 72.7 Å². The Kier molecular flexibility index (Phi) is 5.79. The van der Waals surface area contributed by atoms with Crippen molar-refractivity contribution < 1.29 is 14.3 Å². The fourth-order valence-electron chi connectivity index (χ4n) is 3.43. The summed E-state index contributed by atoms with van der Waals surface area (Å²) in [6.45, 7) is 6.43. The lowest BCUT2D eigenvalue weighted by Crippen LogP contribution is -2.43. The molecule has 0 N–H and O–H groups in total. The van der Waals surface area contributed by atoms with Crippen molar-refractivity contribution in [3.05, 3.63) is 35.7 Å². The van der Waals surface area contributed by atoms with E-state index in [9.17, 15) is 4.79 Å². The molecule has 3 heterocycles. The van der Waals surface area contributed by atoms with E-state index in [0.29, 0.717) is 17.4 Å². The number of nitrogens with zero attached hydrogens (tertiary/aromatic N) is 5. The molecule has 29 heavy (non-hydrogen) atoms. The molecule has 0 unspecified atom stereocenters. The number of hydrogen-bond donors (Lipinski definition) is 0. The van der Waals surface area contributed by atoms with Crippen LogP contribution in [0.2, 0.25) is 0 Å². The predicted octanol–water partition coefficient (Wildman–Crippen LogP) is 2.33. The van der Waals surface area contributed by atoms with Gasteiger partial charge in [-0.2, -0.15) is 5.10 Å². The Morgan fingerprint density at radius 2 is 2.14 bits per heavy atom. The lowest BCUT2D eigenvalue weighted by molar-refractivity contribution is 0.0391. The summed E-state index contributed by atoms with van der Waals surface area (Å²) in [6, 6.07) is 5.76. The molecule has 1 fully saturated rings. The highest BCUT2D eigenvalue weighted by molar-refractivity contribution is 7.22. The van der Waals surface area contributed by atoms with Gasteiger partial charge in [-0.3, -0.25) is 19.3 Å². The molecule has 1 aromatic carbocycles. The summed E-state index contributed by atoms with van der Waals surface area (Å²) in [5, 5.41) is 5.06. The second kappa shape index (κ2) is 8.48. The average Bonchev–Trinajstić information content (AvgIpc) is 3.30. The molecule has 2 aromatic heterocycles. The van der Waals surface area contributed by atoms with Crippen molar-refractivity contribution in [1.29, 1.82) is 0 Å². The predicted molar refractivity (Wildman–Crippen MR) is 113 cm³/mol. The Balaban J connectivity index is 1.65. The monoisotopic (exact) mass is 415 g/mol. The molecule has 9 heteroatoms. The van der Waals surface area contributed by atoms with Crippen LogP contribution < -0.4 is 9.64 Å². The third kappa shape index (κ3) is 4.26. The molecule has 4 rings (SSSR count). The number of methoxy groups -OCH3 is 1. The molecule has 0 saturated carbocycles. The number of anilines is 1. The van der Waals surface area contributed by atoms with Crippen molar-refractivity contribution in [2.24, 2.45) is 7.05 Å². The highest BCUT2D eigenvalue weighted by atomic mass is 32.1. The van der Waals surface area contributed by atoms with Crippen LogP contribution in [-0.4, -0.2) is 72.1 Å². The minimum absolute atomic E-state index is 0.123. The van der Waals surface area contributed by atoms with Gasteiger partial charge in [0.15, 0.2) is 10.8 Å². The Bertz CT molecular complexity index is 1010. The summed E-state index contributed by atoms with van der Waals surface area (Å²) >= 11 is 1.49. The van der Waals surface area contributed by atoms with Gasteiger partial charge in [-0.05, 0) is 25.1 Å². The van der Waals surface area contributed by atoms with Crippen molar-refractivity contribution in [2.75, 3.05) is 51.4 Å². The number of rotatable bonds is 6. The van der Waals surface area contributed by atoms with Crippen LogP contribution in [-0.2, 0) is 11.8 Å². The fraction of sp³-hybridized carbons (Fsp3) is 0.450. The summed E-state index contributed by atoms with van der Waals surface area (Å²) in [6.07, 6.45) is 1.86. The van der Waals surface area contributed by atoms with Crippen LogP contribution in [0.15, 0.2) is 24.4 Å². The number of hydrogen-bond acceptors (Lipinski definition) is 7. The summed E-state index contributed by atoms with van der Waals surface area (Å²) in [5.41, 5.74) is 2.18. The molecule has 8 nitrogen and oxygen atoms in total. The molecular formula is C20H25N5O3S. The van der Waals surface area contributed by atoms with E-state index >= 15 is 0 Å². The number of thiazole rings is 1. The van der Waals surface area contributed by atoms with Gasteiger partial charge in [0.1, 0.15) is 5.75 Å². The minimum Gasteiger partial charge on any atom is -0.497 e. The van der Waals surface area contributed by atoms with E-state index in [0.717, 1.165) is 54.4 Å². The lowest BCUT2D eigenvalue weighted by Gasteiger charge is -2.29. The lowest BCUT2D eigenvalue weighted by atomic mass is 10.2. The van der Waals surface area contributed by atoms with E-state index in [1.807, 2.05) is 38.4 Å². The van der Waals surface area contributed by atoms with Crippen LogP contribution in [0.5, 0.6) is 5.75 Å². The highest BCUT2D eigenvalue weighted by Gasteiger charge is 2.26. The molecule has 1 aliphatic heterocycles. The van der Waals surface area contributed by atoms with Crippen molar-refractivity contribution in [1.82, 2.24) is 19.7 Å². The Hall–Kier alpha value is -2.49. The standard InChI is InChI=1S/C20H25N5O3S/c1-14-13-23(2)22-18(14)19(26)25(7-6-24-8-10-28-11-9-24)20-21-16-5-4-15(27-3)12-17(16)29-20/h4-5,12-13H,6-11H2,1-3H3. The van der Waals surface area contributed by atoms with E-state index in [1.54, 1.807) is 16.7 Å². The van der Waals surface area contributed by atoms with Gasteiger partial charge in [0.05, 0.1) is 30.5 Å². The summed E-state index contributed by atoms with van der Waals surface area (Å²) in [5.74, 6) is 0.654. The smallest absolute Gasteiger partial charge is 0.280 e. The van der Waals surface area contributed by atoms with E-state index in [-0.39, 0.29) is 5.91 Å². The minimum atomic E-state index is -0.123. The van der Waals surface area contributed by atoms with E-state index in [4.69, 9.17) is 14.5 Å². The molecule has 0 spiro atoms. The van der Waals surface area contributed by atoms with E-state index in [2.05, 4.69) is 10.00 Å². The quantitative estimate of drug-likeness (QED) is 0.615. The first-order valence-corrected chi connectivity index (χ1v) is 10.4. The fourth-order valence-corrected chi connectivity index (χ4v) is 4.45. The average molecular weight is 416 g/mol. The number of morpholine rings is 1. The number of aromatic nitrogens is 3. The number of ether oxygens (including phenoxy) is 2. The van der Waals surface area contributed by atoms with E-state index < -0.39 is 0 Å². The van der Waals surface area contributed by atoms with Gasteiger partial charge in [0, 0.05) is 45.0 Å². The van der Waals surface area contributed by atoms with Crippen LogP contribution in [0.3, 0.4) is 0 Å². The zero-order valence-electron chi connectivity index (χ0n) is 16.9. The third-order valence-corrected chi connectivity index (χ3v) is 6.06. The molecule has 154 valence electrons. The molecule has 3 aromatic rings. The van der Waals surface area contributed by atoms with Crippen molar-refractivity contribution >= 4 is 32.6 Å². The number of fused-ring (bicyclic) bond motifs is 1. The second-order valence-corrected chi connectivity index (χ2v) is 8.08. The maximum absolute atomic E-state index is 13.4. The van der Waals surface area contributed by atoms with Crippen molar-refractivity contribution in [2.45, 2.75) is 6.92 Å². The largest absolute Gasteiger partial charge is 0.497 e. The number of carbonyl (C=O) groups excluding carboxylic acids is 1. The molecule has 1 aliphatic rings. The first-order valence-electron chi connectivity index (χ1n) is 9.62. The van der Waals surface area contributed by atoms with Gasteiger partial charge in [0.25, 0.3) is 5.91 Å². The first kappa shape index (κ1) is 19.8. The van der Waals surface area contributed by atoms with Gasteiger partial charge in [-0.25, -0.2) is 4.98 Å². The van der Waals surface area contributed by atoms with Crippen LogP contribution in [0.4, 0.5) is 5.13 Å². The van der Waals surface area contributed by atoms with Crippen molar-refractivity contribution in [3.63, 3.8) is 0 Å². The maximum Gasteiger partial charge on any atom is 0.280 e. The van der Waals surface area contributed by atoms with E-state index in [1.165, 1.54) is 11.3 Å². The highest BCUT2D eigenvalue weighted by Crippen LogP contribution is 2.32. The molecule has 1 saturated heterocycles. The molecule has 0 bridgehead atoms. The Morgan fingerprint density at radius 1 is 1.34 bits per heavy atom.